The number of allylic oxidation sites excluding steroid dienone is 2. The van der Waals surface area contributed by atoms with Crippen molar-refractivity contribution in [2.45, 2.75) is 261 Å². The van der Waals surface area contributed by atoms with E-state index in [-0.39, 0.29) is 26.1 Å². The quantitative estimate of drug-likeness (QED) is 0.0196. The number of ether oxygens (including phenoxy) is 6. The van der Waals surface area contributed by atoms with Gasteiger partial charge >= 0.3 is 11.9 Å². The number of aliphatic hydroxyl groups excluding tert-OH is 7. The molecule has 15 nitrogen and oxygen atoms in total. The summed E-state index contributed by atoms with van der Waals surface area (Å²) in [6.07, 6.45) is 17.8. The number of carbonyl (C=O) groups is 2. The fourth-order valence-electron chi connectivity index (χ4n) is 8.22. The Bertz CT molecular complexity index is 1170. The average Bonchev–Trinajstić information content (AvgIpc) is 3.29. The molecule has 64 heavy (non-hydrogen) atoms. The Kier molecular flexibility index (Phi) is 34.0. The average molecular weight is 919 g/mol. The first kappa shape index (κ1) is 58.4. The van der Waals surface area contributed by atoms with E-state index >= 15 is 0 Å². The summed E-state index contributed by atoms with van der Waals surface area (Å²) in [4.78, 5) is 25.7. The third-order valence-corrected chi connectivity index (χ3v) is 12.3. The molecule has 0 saturated carbocycles. The zero-order valence-corrected chi connectivity index (χ0v) is 39.5. The number of unbranched alkanes of at least 4 members (excludes halogenated alkanes) is 23. The van der Waals surface area contributed by atoms with Crippen molar-refractivity contribution in [3.8, 4) is 0 Å². The molecule has 15 heteroatoms. The first-order chi connectivity index (χ1) is 31.1. The molecule has 2 aliphatic rings. The largest absolute Gasteiger partial charge is 0.462 e. The molecule has 0 radical (unpaired) electrons. The Hall–Kier alpha value is -1.76. The number of hydrogen-bond donors (Lipinski definition) is 7. The summed E-state index contributed by atoms with van der Waals surface area (Å²) in [6.45, 7) is 2.32. The van der Waals surface area contributed by atoms with Crippen molar-refractivity contribution in [2.75, 3.05) is 26.4 Å². The van der Waals surface area contributed by atoms with E-state index in [0.29, 0.717) is 12.8 Å². The van der Waals surface area contributed by atoms with Crippen LogP contribution in [-0.4, -0.2) is 142 Å². The van der Waals surface area contributed by atoms with E-state index in [2.05, 4.69) is 26.0 Å². The van der Waals surface area contributed by atoms with Crippen molar-refractivity contribution in [1.29, 1.82) is 0 Å². The van der Waals surface area contributed by atoms with Crippen molar-refractivity contribution >= 4 is 11.9 Å². The van der Waals surface area contributed by atoms with Crippen molar-refractivity contribution in [1.82, 2.24) is 0 Å². The van der Waals surface area contributed by atoms with E-state index in [9.17, 15) is 45.3 Å². The van der Waals surface area contributed by atoms with Gasteiger partial charge in [-0.25, -0.2) is 0 Å². The first-order valence-corrected chi connectivity index (χ1v) is 25.3. The third kappa shape index (κ3) is 24.8. The minimum atomic E-state index is -1.81. The Morgan fingerprint density at radius 3 is 1.42 bits per heavy atom. The number of carbonyl (C=O) groups excluding carboxylic acids is 2. The van der Waals surface area contributed by atoms with E-state index in [1.165, 1.54) is 96.3 Å². The number of aliphatic hydroxyl groups is 7. The maximum atomic E-state index is 13.0. The molecular weight excluding hydrogens is 829 g/mol. The molecule has 0 aromatic rings. The van der Waals surface area contributed by atoms with Crippen LogP contribution in [0.15, 0.2) is 12.2 Å². The van der Waals surface area contributed by atoms with Gasteiger partial charge in [-0.15, -0.1) is 0 Å². The Morgan fingerprint density at radius 1 is 0.516 bits per heavy atom. The van der Waals surface area contributed by atoms with Crippen molar-refractivity contribution in [3.63, 3.8) is 0 Å². The molecular formula is C49H90O15. The van der Waals surface area contributed by atoms with Crippen LogP contribution in [0, 0.1) is 0 Å². The molecule has 0 aromatic heterocycles. The van der Waals surface area contributed by atoms with E-state index in [1.807, 2.05) is 0 Å². The minimum Gasteiger partial charge on any atom is -0.462 e. The van der Waals surface area contributed by atoms with E-state index in [0.717, 1.165) is 57.8 Å². The number of hydrogen-bond acceptors (Lipinski definition) is 15. The SMILES string of the molecule is CCCCCCCCC=CCCCCCCCC(=O)OCC(COC1OC(CO)C(OC2C(CO)OC(O)C(O)C2O)C(O)C1O)OC(=O)CCCCCCCCCCCCCCC. The lowest BCUT2D eigenvalue weighted by molar-refractivity contribution is -0.344. The highest BCUT2D eigenvalue weighted by Crippen LogP contribution is 2.30. The number of esters is 2. The first-order valence-electron chi connectivity index (χ1n) is 25.3. The summed E-state index contributed by atoms with van der Waals surface area (Å²) in [5.41, 5.74) is 0. The normalized spacial score (nSPS) is 26.6. The lowest BCUT2D eigenvalue weighted by atomic mass is 9.95. The van der Waals surface area contributed by atoms with Gasteiger partial charge in [0.15, 0.2) is 18.7 Å². The summed E-state index contributed by atoms with van der Waals surface area (Å²) in [5.74, 6) is -0.927. The van der Waals surface area contributed by atoms with Gasteiger partial charge in [0, 0.05) is 12.8 Å². The molecule has 0 aromatic carbocycles. The van der Waals surface area contributed by atoms with Crippen LogP contribution < -0.4 is 0 Å². The van der Waals surface area contributed by atoms with Crippen LogP contribution in [0.25, 0.3) is 0 Å². The lowest BCUT2D eigenvalue weighted by Crippen LogP contribution is -2.65. The highest BCUT2D eigenvalue weighted by molar-refractivity contribution is 5.70. The standard InChI is InChI=1S/C49H90O15/c1-3-5-7-9-11-13-15-17-18-20-21-23-25-27-29-31-40(52)59-35-37(61-41(53)32-30-28-26-24-22-19-16-14-12-10-8-6-4-2)36-60-49-45(57)43(55)47(39(34-51)63-49)64-46-38(33-50)62-48(58)44(56)42(46)54/h17-18,37-39,42-51,54-58H,3-16,19-36H2,1-2H3. The summed E-state index contributed by atoms with van der Waals surface area (Å²) in [6, 6.07) is 0. The molecule has 0 bridgehead atoms. The van der Waals surface area contributed by atoms with Crippen LogP contribution >= 0.6 is 0 Å². The highest BCUT2D eigenvalue weighted by Gasteiger charge is 2.51. The molecule has 2 heterocycles. The summed E-state index contributed by atoms with van der Waals surface area (Å²) in [5, 5.41) is 72.5. The number of rotatable bonds is 39. The molecule has 376 valence electrons. The van der Waals surface area contributed by atoms with Crippen molar-refractivity contribution in [3.05, 3.63) is 12.2 Å². The van der Waals surface area contributed by atoms with Gasteiger partial charge in [0.05, 0.1) is 19.8 Å². The van der Waals surface area contributed by atoms with Gasteiger partial charge in [0.25, 0.3) is 0 Å². The van der Waals surface area contributed by atoms with Crippen LogP contribution in [0.3, 0.4) is 0 Å². The van der Waals surface area contributed by atoms with Crippen LogP contribution in [0.5, 0.6) is 0 Å². The zero-order chi connectivity index (χ0) is 46.8. The van der Waals surface area contributed by atoms with Crippen LogP contribution in [0.4, 0.5) is 0 Å². The predicted molar refractivity (Wildman–Crippen MR) is 243 cm³/mol. The minimum absolute atomic E-state index is 0.168. The van der Waals surface area contributed by atoms with Crippen LogP contribution in [0.2, 0.25) is 0 Å². The van der Waals surface area contributed by atoms with E-state index in [1.54, 1.807) is 0 Å². The Labute approximate surface area is 384 Å². The zero-order valence-electron chi connectivity index (χ0n) is 39.5. The molecule has 11 atom stereocenters. The Balaban J connectivity index is 1.83. The molecule has 2 fully saturated rings. The molecule has 0 amide bonds. The lowest BCUT2D eigenvalue weighted by Gasteiger charge is -2.46. The molecule has 11 unspecified atom stereocenters. The highest BCUT2D eigenvalue weighted by atomic mass is 16.7. The second-order valence-electron chi connectivity index (χ2n) is 18.0. The molecule has 2 aliphatic heterocycles. The van der Waals surface area contributed by atoms with Crippen molar-refractivity contribution in [2.24, 2.45) is 0 Å². The molecule has 0 aliphatic carbocycles. The smallest absolute Gasteiger partial charge is 0.306 e. The summed E-state index contributed by atoms with van der Waals surface area (Å²) >= 11 is 0. The molecule has 2 saturated heterocycles. The van der Waals surface area contributed by atoms with Gasteiger partial charge in [0.2, 0.25) is 0 Å². The molecule has 2 rings (SSSR count). The van der Waals surface area contributed by atoms with Gasteiger partial charge in [-0.1, -0.05) is 154 Å². The second-order valence-corrected chi connectivity index (χ2v) is 18.0. The monoisotopic (exact) mass is 919 g/mol. The summed E-state index contributed by atoms with van der Waals surface area (Å²) < 4.78 is 33.6. The fourth-order valence-corrected chi connectivity index (χ4v) is 8.22. The van der Waals surface area contributed by atoms with Gasteiger partial charge in [-0.2, -0.15) is 0 Å². The maximum absolute atomic E-state index is 13.0. The van der Waals surface area contributed by atoms with Gasteiger partial charge in [0.1, 0.15) is 55.4 Å². The van der Waals surface area contributed by atoms with Crippen LogP contribution in [0.1, 0.15) is 194 Å². The molecule has 0 spiro atoms. The van der Waals surface area contributed by atoms with Gasteiger partial charge in [-0.3, -0.25) is 9.59 Å². The molecule has 7 N–H and O–H groups in total. The fraction of sp³-hybridized carbons (Fsp3) is 0.918. The Morgan fingerprint density at radius 2 is 0.938 bits per heavy atom. The van der Waals surface area contributed by atoms with E-state index in [4.69, 9.17) is 28.4 Å². The van der Waals surface area contributed by atoms with Crippen molar-refractivity contribution < 1.29 is 73.8 Å². The summed E-state index contributed by atoms with van der Waals surface area (Å²) in [7, 11) is 0. The van der Waals surface area contributed by atoms with Crippen LogP contribution in [-0.2, 0) is 38.0 Å². The van der Waals surface area contributed by atoms with E-state index < -0.39 is 92.7 Å². The predicted octanol–water partition coefficient (Wildman–Crippen LogP) is 6.60. The van der Waals surface area contributed by atoms with Gasteiger partial charge < -0.3 is 64.2 Å². The second kappa shape index (κ2) is 37.2. The van der Waals surface area contributed by atoms with Gasteiger partial charge in [-0.05, 0) is 38.5 Å². The topological polar surface area (TPSA) is 231 Å². The third-order valence-electron chi connectivity index (χ3n) is 12.3. The maximum Gasteiger partial charge on any atom is 0.306 e.